The number of fused-ring (bicyclic) bond motifs is 1. The standard InChI is InChI=1S/C23H29FN2O/c1-27-21-11-10-19(24)14-18(21)15-26-23-20-9-5-8-16(20)12-13-25-22(23)17-6-3-2-4-7-17/h2-4,6-7,10-11,14,16,20,22-23,25-26H,5,8-9,12-13,15H2,1H3. The van der Waals surface area contributed by atoms with Gasteiger partial charge in [0.05, 0.1) is 7.11 Å². The van der Waals surface area contributed by atoms with Crippen molar-refractivity contribution in [1.29, 1.82) is 0 Å². The van der Waals surface area contributed by atoms with Gasteiger partial charge in [-0.1, -0.05) is 43.2 Å². The summed E-state index contributed by atoms with van der Waals surface area (Å²) in [6, 6.07) is 16.1. The van der Waals surface area contributed by atoms with Gasteiger partial charge in [0.2, 0.25) is 0 Å². The number of halogens is 1. The third-order valence-corrected chi connectivity index (χ3v) is 6.35. The van der Waals surface area contributed by atoms with E-state index < -0.39 is 0 Å². The zero-order valence-corrected chi connectivity index (χ0v) is 16.0. The molecule has 2 aromatic carbocycles. The first kappa shape index (κ1) is 18.5. The average Bonchev–Trinajstić information content (AvgIpc) is 3.09. The van der Waals surface area contributed by atoms with Crippen molar-refractivity contribution in [3.05, 3.63) is 65.5 Å². The van der Waals surface area contributed by atoms with Crippen LogP contribution in [0.1, 0.15) is 42.9 Å². The Morgan fingerprint density at radius 1 is 1.11 bits per heavy atom. The first-order valence-electron chi connectivity index (χ1n) is 10.1. The van der Waals surface area contributed by atoms with E-state index in [2.05, 4.69) is 41.0 Å². The Morgan fingerprint density at radius 2 is 1.96 bits per heavy atom. The summed E-state index contributed by atoms with van der Waals surface area (Å²) in [6.45, 7) is 1.67. The van der Waals surface area contributed by atoms with E-state index in [0.29, 0.717) is 18.5 Å². The predicted molar refractivity (Wildman–Crippen MR) is 106 cm³/mol. The number of ether oxygens (including phenoxy) is 1. The van der Waals surface area contributed by atoms with Gasteiger partial charge in [-0.2, -0.15) is 0 Å². The number of rotatable bonds is 5. The molecule has 0 radical (unpaired) electrons. The van der Waals surface area contributed by atoms with Gasteiger partial charge in [-0.3, -0.25) is 0 Å². The minimum Gasteiger partial charge on any atom is -0.496 e. The van der Waals surface area contributed by atoms with E-state index in [-0.39, 0.29) is 11.9 Å². The van der Waals surface area contributed by atoms with Crippen LogP contribution in [-0.4, -0.2) is 19.7 Å². The summed E-state index contributed by atoms with van der Waals surface area (Å²) in [7, 11) is 1.64. The van der Waals surface area contributed by atoms with Crippen LogP contribution < -0.4 is 15.4 Å². The van der Waals surface area contributed by atoms with Crippen molar-refractivity contribution in [3.8, 4) is 5.75 Å². The Hall–Kier alpha value is -1.91. The SMILES string of the molecule is COc1ccc(F)cc1CNC1C(c2ccccc2)NCCC2CCCC21. The zero-order valence-electron chi connectivity index (χ0n) is 16.0. The van der Waals surface area contributed by atoms with Crippen molar-refractivity contribution < 1.29 is 9.13 Å². The second kappa shape index (κ2) is 8.41. The molecule has 3 nitrogen and oxygen atoms in total. The van der Waals surface area contributed by atoms with Gasteiger partial charge in [0, 0.05) is 24.2 Å². The highest BCUT2D eigenvalue weighted by molar-refractivity contribution is 5.34. The quantitative estimate of drug-likeness (QED) is 0.818. The molecule has 1 saturated heterocycles. The molecular weight excluding hydrogens is 339 g/mol. The monoisotopic (exact) mass is 368 g/mol. The summed E-state index contributed by atoms with van der Waals surface area (Å²) in [6.07, 6.45) is 5.16. The normalized spacial score (nSPS) is 27.8. The van der Waals surface area contributed by atoms with Crippen LogP contribution >= 0.6 is 0 Å². The van der Waals surface area contributed by atoms with E-state index in [4.69, 9.17) is 4.74 Å². The Bertz CT molecular complexity index is 751. The molecule has 144 valence electrons. The summed E-state index contributed by atoms with van der Waals surface area (Å²) >= 11 is 0. The van der Waals surface area contributed by atoms with Crippen LogP contribution in [0.15, 0.2) is 48.5 Å². The van der Waals surface area contributed by atoms with Crippen molar-refractivity contribution in [2.45, 2.75) is 44.3 Å². The van der Waals surface area contributed by atoms with E-state index in [1.54, 1.807) is 19.2 Å². The van der Waals surface area contributed by atoms with Crippen LogP contribution in [0, 0.1) is 17.7 Å². The maximum absolute atomic E-state index is 13.8. The van der Waals surface area contributed by atoms with Crippen LogP contribution in [-0.2, 0) is 6.54 Å². The van der Waals surface area contributed by atoms with Crippen molar-refractivity contribution >= 4 is 0 Å². The van der Waals surface area contributed by atoms with Gasteiger partial charge in [0.1, 0.15) is 11.6 Å². The number of nitrogens with one attached hydrogen (secondary N) is 2. The third-order valence-electron chi connectivity index (χ3n) is 6.35. The van der Waals surface area contributed by atoms with E-state index in [1.807, 2.05) is 0 Å². The van der Waals surface area contributed by atoms with Crippen molar-refractivity contribution in [2.24, 2.45) is 11.8 Å². The fourth-order valence-electron chi connectivity index (χ4n) is 5.06. The lowest BCUT2D eigenvalue weighted by Gasteiger charge is -2.33. The highest BCUT2D eigenvalue weighted by Crippen LogP contribution is 2.42. The second-order valence-corrected chi connectivity index (χ2v) is 7.85. The number of hydrogen-bond donors (Lipinski definition) is 2. The van der Waals surface area contributed by atoms with E-state index in [9.17, 15) is 4.39 Å². The summed E-state index contributed by atoms with van der Waals surface area (Å²) in [5.41, 5.74) is 2.21. The molecule has 4 atom stereocenters. The molecule has 0 amide bonds. The molecule has 2 N–H and O–H groups in total. The molecule has 1 aliphatic carbocycles. The van der Waals surface area contributed by atoms with Crippen LogP contribution in [0.25, 0.3) is 0 Å². The molecule has 2 aliphatic rings. The lowest BCUT2D eigenvalue weighted by molar-refractivity contribution is 0.257. The van der Waals surface area contributed by atoms with Crippen LogP contribution in [0.4, 0.5) is 4.39 Å². The van der Waals surface area contributed by atoms with Gasteiger partial charge in [-0.25, -0.2) is 4.39 Å². The average molecular weight is 368 g/mol. The number of hydrogen-bond acceptors (Lipinski definition) is 3. The van der Waals surface area contributed by atoms with Gasteiger partial charge >= 0.3 is 0 Å². The topological polar surface area (TPSA) is 33.3 Å². The van der Waals surface area contributed by atoms with Crippen LogP contribution in [0.5, 0.6) is 5.75 Å². The molecule has 0 bridgehead atoms. The maximum atomic E-state index is 13.8. The van der Waals surface area contributed by atoms with Gasteiger partial charge in [0.25, 0.3) is 0 Å². The Morgan fingerprint density at radius 3 is 2.78 bits per heavy atom. The summed E-state index contributed by atoms with van der Waals surface area (Å²) in [4.78, 5) is 0. The van der Waals surface area contributed by atoms with Gasteiger partial charge in [0.15, 0.2) is 0 Å². The fourth-order valence-corrected chi connectivity index (χ4v) is 5.06. The van der Waals surface area contributed by atoms with Gasteiger partial charge < -0.3 is 15.4 Å². The van der Waals surface area contributed by atoms with E-state index in [1.165, 1.54) is 37.3 Å². The van der Waals surface area contributed by atoms with Crippen molar-refractivity contribution in [3.63, 3.8) is 0 Å². The molecule has 4 unspecified atom stereocenters. The molecule has 2 aromatic rings. The fraction of sp³-hybridized carbons (Fsp3) is 0.478. The predicted octanol–water partition coefficient (Wildman–Crippen LogP) is 4.44. The third kappa shape index (κ3) is 4.02. The Labute approximate surface area is 161 Å². The molecule has 1 heterocycles. The van der Waals surface area contributed by atoms with Crippen molar-refractivity contribution in [2.75, 3.05) is 13.7 Å². The van der Waals surface area contributed by atoms with E-state index >= 15 is 0 Å². The Balaban J connectivity index is 1.60. The smallest absolute Gasteiger partial charge is 0.123 e. The minimum atomic E-state index is -0.218. The van der Waals surface area contributed by atoms with Gasteiger partial charge in [-0.05, 0) is 55.0 Å². The first-order valence-corrected chi connectivity index (χ1v) is 10.1. The van der Waals surface area contributed by atoms with Gasteiger partial charge in [-0.15, -0.1) is 0 Å². The molecule has 4 rings (SSSR count). The number of methoxy groups -OCH3 is 1. The molecule has 0 spiro atoms. The maximum Gasteiger partial charge on any atom is 0.123 e. The molecule has 1 saturated carbocycles. The molecule has 0 aromatic heterocycles. The largest absolute Gasteiger partial charge is 0.496 e. The number of benzene rings is 2. The van der Waals surface area contributed by atoms with Crippen molar-refractivity contribution in [1.82, 2.24) is 10.6 Å². The molecule has 27 heavy (non-hydrogen) atoms. The lowest BCUT2D eigenvalue weighted by atomic mass is 9.83. The molecule has 1 aliphatic heterocycles. The highest BCUT2D eigenvalue weighted by Gasteiger charge is 2.40. The minimum absolute atomic E-state index is 0.218. The molecular formula is C23H29FN2O. The second-order valence-electron chi connectivity index (χ2n) is 7.85. The first-order chi connectivity index (χ1) is 13.3. The summed E-state index contributed by atoms with van der Waals surface area (Å²) in [5, 5.41) is 7.58. The summed E-state index contributed by atoms with van der Waals surface area (Å²) < 4.78 is 19.2. The highest BCUT2D eigenvalue weighted by atomic mass is 19.1. The van der Waals surface area contributed by atoms with Crippen LogP contribution in [0.2, 0.25) is 0 Å². The summed E-state index contributed by atoms with van der Waals surface area (Å²) in [5.74, 6) is 1.96. The van der Waals surface area contributed by atoms with Crippen LogP contribution in [0.3, 0.4) is 0 Å². The zero-order chi connectivity index (χ0) is 18.6. The Kier molecular flexibility index (Phi) is 5.74. The molecule has 2 fully saturated rings. The molecule has 4 heteroatoms. The van der Waals surface area contributed by atoms with E-state index in [0.717, 1.165) is 23.8 Å². The lowest BCUT2D eigenvalue weighted by Crippen LogP contribution is -2.45.